The largest absolute Gasteiger partial charge is 0.379 e. The minimum atomic E-state index is 0.343. The van der Waals surface area contributed by atoms with Crippen molar-refractivity contribution in [3.05, 3.63) is 0 Å². The molecule has 120 valence electrons. The molecular formula is C17H35NO2. The summed E-state index contributed by atoms with van der Waals surface area (Å²) >= 11 is 0. The molecule has 2 unspecified atom stereocenters. The van der Waals surface area contributed by atoms with Crippen LogP contribution in [0.15, 0.2) is 0 Å². The molecule has 0 radical (unpaired) electrons. The summed E-state index contributed by atoms with van der Waals surface area (Å²) in [5.74, 6) is 0.796. The summed E-state index contributed by atoms with van der Waals surface area (Å²) in [4.78, 5) is 0. The quantitative estimate of drug-likeness (QED) is 0.656. The van der Waals surface area contributed by atoms with Crippen LogP contribution in [-0.4, -0.2) is 38.5 Å². The van der Waals surface area contributed by atoms with E-state index in [2.05, 4.69) is 39.9 Å². The van der Waals surface area contributed by atoms with Crippen LogP contribution in [0.5, 0.6) is 0 Å². The van der Waals surface area contributed by atoms with Crippen molar-refractivity contribution in [1.29, 1.82) is 0 Å². The average Bonchev–Trinajstić information content (AvgIpc) is 2.29. The number of ether oxygens (including phenoxy) is 2. The fourth-order valence-electron chi connectivity index (χ4n) is 3.32. The third-order valence-electron chi connectivity index (χ3n) is 3.93. The Morgan fingerprint density at radius 2 is 1.90 bits per heavy atom. The highest BCUT2D eigenvalue weighted by Crippen LogP contribution is 2.39. The smallest absolute Gasteiger partial charge is 0.0594 e. The molecule has 1 aliphatic carbocycles. The van der Waals surface area contributed by atoms with Crippen molar-refractivity contribution in [3.63, 3.8) is 0 Å². The van der Waals surface area contributed by atoms with Crippen molar-refractivity contribution in [2.24, 2.45) is 11.3 Å². The van der Waals surface area contributed by atoms with Gasteiger partial charge in [0.25, 0.3) is 0 Å². The van der Waals surface area contributed by atoms with E-state index in [4.69, 9.17) is 9.47 Å². The topological polar surface area (TPSA) is 30.5 Å². The first-order chi connectivity index (χ1) is 9.39. The molecule has 1 aliphatic rings. The van der Waals surface area contributed by atoms with E-state index in [1.165, 1.54) is 19.3 Å². The van der Waals surface area contributed by atoms with E-state index in [0.717, 1.165) is 38.6 Å². The molecule has 1 fully saturated rings. The van der Waals surface area contributed by atoms with Gasteiger partial charge in [0.1, 0.15) is 0 Å². The van der Waals surface area contributed by atoms with E-state index in [9.17, 15) is 0 Å². The van der Waals surface area contributed by atoms with E-state index in [1.54, 1.807) is 0 Å². The Bertz CT molecular complexity index is 253. The van der Waals surface area contributed by atoms with Gasteiger partial charge in [-0.1, -0.05) is 20.8 Å². The number of rotatable bonds is 9. The van der Waals surface area contributed by atoms with Crippen LogP contribution < -0.4 is 5.32 Å². The van der Waals surface area contributed by atoms with Gasteiger partial charge in [0.2, 0.25) is 0 Å². The molecule has 0 amide bonds. The summed E-state index contributed by atoms with van der Waals surface area (Å²) in [7, 11) is 0. The highest BCUT2D eigenvalue weighted by molar-refractivity contribution is 4.83. The maximum atomic E-state index is 6.04. The second kappa shape index (κ2) is 9.01. The number of hydrogen-bond acceptors (Lipinski definition) is 3. The SMILES string of the molecule is CC1CC(OCCNCCCOC(C)C)CC(C)(C)C1. The predicted octanol–water partition coefficient (Wildman–Crippen LogP) is 3.62. The summed E-state index contributed by atoms with van der Waals surface area (Å²) < 4.78 is 11.5. The molecule has 0 spiro atoms. The van der Waals surface area contributed by atoms with Crippen molar-refractivity contribution in [1.82, 2.24) is 5.32 Å². The molecule has 20 heavy (non-hydrogen) atoms. The Balaban J connectivity index is 1.98. The lowest BCUT2D eigenvalue weighted by molar-refractivity contribution is -0.0214. The van der Waals surface area contributed by atoms with Crippen LogP contribution in [0.3, 0.4) is 0 Å². The number of nitrogens with one attached hydrogen (secondary N) is 1. The summed E-state index contributed by atoms with van der Waals surface area (Å²) in [5, 5.41) is 3.43. The van der Waals surface area contributed by atoms with E-state index in [0.29, 0.717) is 17.6 Å². The minimum Gasteiger partial charge on any atom is -0.379 e. The lowest BCUT2D eigenvalue weighted by Crippen LogP contribution is -2.34. The fourth-order valence-corrected chi connectivity index (χ4v) is 3.32. The van der Waals surface area contributed by atoms with Gasteiger partial charge in [-0.2, -0.15) is 0 Å². The molecule has 0 saturated heterocycles. The maximum absolute atomic E-state index is 6.04. The summed E-state index contributed by atoms with van der Waals surface area (Å²) in [6, 6.07) is 0. The first-order valence-corrected chi connectivity index (χ1v) is 8.33. The monoisotopic (exact) mass is 285 g/mol. The van der Waals surface area contributed by atoms with Crippen LogP contribution in [0.1, 0.15) is 60.3 Å². The molecule has 0 bridgehead atoms. The summed E-state index contributed by atoms with van der Waals surface area (Å²) in [6.07, 6.45) is 5.65. The number of hydrogen-bond donors (Lipinski definition) is 1. The van der Waals surface area contributed by atoms with Crippen LogP contribution in [0.25, 0.3) is 0 Å². The second-order valence-corrected chi connectivity index (χ2v) is 7.43. The minimum absolute atomic E-state index is 0.343. The van der Waals surface area contributed by atoms with Gasteiger partial charge in [0.05, 0.1) is 18.8 Å². The van der Waals surface area contributed by atoms with Gasteiger partial charge in [-0.3, -0.25) is 0 Å². The third kappa shape index (κ3) is 8.23. The Morgan fingerprint density at radius 3 is 2.55 bits per heavy atom. The van der Waals surface area contributed by atoms with Gasteiger partial charge in [-0.15, -0.1) is 0 Å². The molecule has 1 rings (SSSR count). The van der Waals surface area contributed by atoms with Gasteiger partial charge in [0.15, 0.2) is 0 Å². The third-order valence-corrected chi connectivity index (χ3v) is 3.93. The fraction of sp³-hybridized carbons (Fsp3) is 1.00. The van der Waals surface area contributed by atoms with Crippen molar-refractivity contribution < 1.29 is 9.47 Å². The lowest BCUT2D eigenvalue weighted by Gasteiger charge is -2.38. The summed E-state index contributed by atoms with van der Waals surface area (Å²) in [6.45, 7) is 14.9. The molecule has 0 aromatic carbocycles. The molecule has 2 atom stereocenters. The molecule has 3 heteroatoms. The average molecular weight is 285 g/mol. The van der Waals surface area contributed by atoms with Crippen LogP contribution in [0, 0.1) is 11.3 Å². The highest BCUT2D eigenvalue weighted by Gasteiger charge is 2.32. The molecule has 0 aromatic rings. The van der Waals surface area contributed by atoms with Crippen LogP contribution in [0.2, 0.25) is 0 Å². The van der Waals surface area contributed by atoms with Gasteiger partial charge in [-0.05, 0) is 57.4 Å². The highest BCUT2D eigenvalue weighted by atomic mass is 16.5. The second-order valence-electron chi connectivity index (χ2n) is 7.43. The Labute approximate surface area is 125 Å². The molecular weight excluding hydrogens is 250 g/mol. The molecule has 0 aliphatic heterocycles. The molecule has 0 heterocycles. The molecule has 0 aromatic heterocycles. The predicted molar refractivity (Wildman–Crippen MR) is 85.1 cm³/mol. The van der Waals surface area contributed by atoms with Gasteiger partial charge in [0, 0.05) is 13.2 Å². The first-order valence-electron chi connectivity index (χ1n) is 8.33. The first kappa shape index (κ1) is 17.9. The van der Waals surface area contributed by atoms with Crippen molar-refractivity contribution in [2.45, 2.75) is 72.5 Å². The zero-order chi connectivity index (χ0) is 15.0. The van der Waals surface area contributed by atoms with Crippen molar-refractivity contribution >= 4 is 0 Å². The Kier molecular flexibility index (Phi) is 8.08. The zero-order valence-corrected chi connectivity index (χ0v) is 14.2. The summed E-state index contributed by atoms with van der Waals surface area (Å²) in [5.41, 5.74) is 0.448. The van der Waals surface area contributed by atoms with Crippen LogP contribution in [0.4, 0.5) is 0 Å². The van der Waals surface area contributed by atoms with Crippen molar-refractivity contribution in [3.8, 4) is 0 Å². The van der Waals surface area contributed by atoms with Gasteiger partial charge >= 0.3 is 0 Å². The zero-order valence-electron chi connectivity index (χ0n) is 14.2. The molecule has 1 N–H and O–H groups in total. The van der Waals surface area contributed by atoms with Crippen molar-refractivity contribution in [2.75, 3.05) is 26.3 Å². The van der Waals surface area contributed by atoms with E-state index in [1.807, 2.05) is 0 Å². The Morgan fingerprint density at radius 1 is 1.15 bits per heavy atom. The van der Waals surface area contributed by atoms with Gasteiger partial charge in [-0.25, -0.2) is 0 Å². The standard InChI is InChI=1S/C17H35NO2/c1-14(2)19-9-6-7-18-8-10-20-16-11-15(3)12-17(4,5)13-16/h14-16,18H,6-13H2,1-5H3. The normalized spacial score (nSPS) is 26.1. The van der Waals surface area contributed by atoms with E-state index in [-0.39, 0.29) is 0 Å². The van der Waals surface area contributed by atoms with Crippen LogP contribution in [-0.2, 0) is 9.47 Å². The maximum Gasteiger partial charge on any atom is 0.0594 e. The van der Waals surface area contributed by atoms with Crippen LogP contribution >= 0.6 is 0 Å². The molecule has 1 saturated carbocycles. The van der Waals surface area contributed by atoms with E-state index >= 15 is 0 Å². The molecule has 3 nitrogen and oxygen atoms in total. The lowest BCUT2D eigenvalue weighted by atomic mass is 9.71. The Hall–Kier alpha value is -0.120. The van der Waals surface area contributed by atoms with Gasteiger partial charge < -0.3 is 14.8 Å². The van der Waals surface area contributed by atoms with E-state index < -0.39 is 0 Å².